The van der Waals surface area contributed by atoms with Crippen LogP contribution in [0.2, 0.25) is 0 Å². The van der Waals surface area contributed by atoms with Gasteiger partial charge in [-0.05, 0) is 36.4 Å². The third kappa shape index (κ3) is 4.33. The first-order valence-corrected chi connectivity index (χ1v) is 12.8. The highest BCUT2D eigenvalue weighted by molar-refractivity contribution is 7.89. The van der Waals surface area contributed by atoms with Crippen molar-refractivity contribution < 1.29 is 27.4 Å². The molecule has 4 heterocycles. The molecule has 174 valence electrons. The fourth-order valence-electron chi connectivity index (χ4n) is 3.91. The summed E-state index contributed by atoms with van der Waals surface area (Å²) in [6.07, 6.45) is 0.687. The van der Waals surface area contributed by atoms with Crippen LogP contribution in [0.3, 0.4) is 0 Å². The first-order chi connectivity index (χ1) is 15.9. The molecule has 3 aromatic rings. The molecule has 0 unspecified atom stereocenters. The highest BCUT2D eigenvalue weighted by Crippen LogP contribution is 2.34. The minimum absolute atomic E-state index is 0.131. The topological polar surface area (TPSA) is 128 Å². The predicted octanol–water partition coefficient (Wildman–Crippen LogP) is 1.90. The van der Waals surface area contributed by atoms with E-state index in [-0.39, 0.29) is 36.0 Å². The van der Waals surface area contributed by atoms with Gasteiger partial charge in [0.25, 0.3) is 5.56 Å². The van der Waals surface area contributed by atoms with Crippen LogP contribution in [0.4, 0.5) is 0 Å². The fourth-order valence-corrected chi connectivity index (χ4v) is 6.12. The van der Waals surface area contributed by atoms with Crippen molar-refractivity contribution in [3.05, 3.63) is 45.8 Å². The van der Waals surface area contributed by atoms with Crippen LogP contribution in [0.5, 0.6) is 11.5 Å². The Kier molecular flexibility index (Phi) is 5.81. The van der Waals surface area contributed by atoms with Crippen molar-refractivity contribution >= 4 is 37.5 Å². The number of fused-ring (bicyclic) bond motifs is 2. The normalized spacial score (nSPS) is 17.2. The van der Waals surface area contributed by atoms with Gasteiger partial charge in [0.1, 0.15) is 30.3 Å². The van der Waals surface area contributed by atoms with Gasteiger partial charge in [-0.2, -0.15) is 4.31 Å². The molecule has 2 aromatic heterocycles. The predicted molar refractivity (Wildman–Crippen MR) is 119 cm³/mol. The van der Waals surface area contributed by atoms with E-state index in [0.717, 1.165) is 0 Å². The van der Waals surface area contributed by atoms with Gasteiger partial charge >= 0.3 is 5.97 Å². The van der Waals surface area contributed by atoms with E-state index in [4.69, 9.17) is 14.2 Å². The minimum Gasteiger partial charge on any atom is -0.486 e. The summed E-state index contributed by atoms with van der Waals surface area (Å²) in [6, 6.07) is 6.30. The summed E-state index contributed by atoms with van der Waals surface area (Å²) >= 11 is 1.30. The lowest BCUT2D eigenvalue weighted by Crippen LogP contribution is -2.40. The van der Waals surface area contributed by atoms with Crippen LogP contribution in [-0.4, -0.2) is 55.0 Å². The molecule has 0 amide bonds. The fraction of sp³-hybridized carbons (Fsp3) is 0.381. The summed E-state index contributed by atoms with van der Waals surface area (Å²) in [5.41, 5.74) is 0.297. The Labute approximate surface area is 193 Å². The number of carbonyl (C=O) groups excluding carboxylic acids is 1. The van der Waals surface area contributed by atoms with Gasteiger partial charge in [0, 0.05) is 19.2 Å². The molecule has 0 radical (unpaired) electrons. The Hall–Kier alpha value is -2.96. The molecule has 1 fully saturated rings. The monoisotopic (exact) mass is 491 g/mol. The van der Waals surface area contributed by atoms with Crippen LogP contribution in [0.15, 0.2) is 39.3 Å². The quantitative estimate of drug-likeness (QED) is 0.536. The molecule has 2 aliphatic rings. The van der Waals surface area contributed by atoms with Crippen molar-refractivity contribution in [2.24, 2.45) is 5.92 Å². The average molecular weight is 492 g/mol. The van der Waals surface area contributed by atoms with Crippen LogP contribution in [0.25, 0.3) is 10.2 Å². The summed E-state index contributed by atoms with van der Waals surface area (Å²) in [5, 5.41) is 1.77. The highest BCUT2D eigenvalue weighted by atomic mass is 32.2. The van der Waals surface area contributed by atoms with E-state index < -0.39 is 21.9 Å². The Bertz CT molecular complexity index is 1360. The second-order valence-electron chi connectivity index (χ2n) is 7.74. The number of H-pyrrole nitrogens is 1. The molecule has 0 bridgehead atoms. The maximum absolute atomic E-state index is 13.0. The van der Waals surface area contributed by atoms with Crippen molar-refractivity contribution in [2.75, 3.05) is 26.3 Å². The molecule has 10 nitrogen and oxygen atoms in total. The van der Waals surface area contributed by atoms with Crippen LogP contribution in [0, 0.1) is 5.92 Å². The lowest BCUT2D eigenvalue weighted by atomic mass is 9.98. The number of nitrogens with zero attached hydrogens (tertiary/aromatic N) is 2. The summed E-state index contributed by atoms with van der Waals surface area (Å²) in [5.74, 6) is 0.356. The molecule has 0 spiro atoms. The third-order valence-corrected chi connectivity index (χ3v) is 8.45. The van der Waals surface area contributed by atoms with Gasteiger partial charge < -0.3 is 19.2 Å². The molecule has 1 saturated heterocycles. The molecule has 5 rings (SSSR count). The zero-order valence-electron chi connectivity index (χ0n) is 17.5. The van der Waals surface area contributed by atoms with Crippen molar-refractivity contribution in [1.82, 2.24) is 14.3 Å². The van der Waals surface area contributed by atoms with Crippen LogP contribution >= 0.6 is 11.3 Å². The maximum atomic E-state index is 13.0. The molecule has 0 saturated carbocycles. The molecule has 33 heavy (non-hydrogen) atoms. The minimum atomic E-state index is -3.72. The van der Waals surface area contributed by atoms with E-state index in [1.54, 1.807) is 17.5 Å². The number of aromatic amines is 1. The number of nitrogens with one attached hydrogen (secondary N) is 1. The van der Waals surface area contributed by atoms with Gasteiger partial charge in [-0.1, -0.05) is 0 Å². The molecule has 12 heteroatoms. The summed E-state index contributed by atoms with van der Waals surface area (Å²) in [7, 11) is -3.72. The van der Waals surface area contributed by atoms with Crippen molar-refractivity contribution in [3.63, 3.8) is 0 Å². The van der Waals surface area contributed by atoms with Gasteiger partial charge in [0.15, 0.2) is 11.5 Å². The van der Waals surface area contributed by atoms with Crippen molar-refractivity contribution in [2.45, 2.75) is 24.3 Å². The van der Waals surface area contributed by atoms with Crippen LogP contribution in [-0.2, 0) is 26.2 Å². The molecule has 1 N–H and O–H groups in total. The maximum Gasteiger partial charge on any atom is 0.309 e. The molecule has 2 aliphatic heterocycles. The van der Waals surface area contributed by atoms with E-state index in [1.807, 2.05) is 0 Å². The van der Waals surface area contributed by atoms with Gasteiger partial charge in [0.05, 0.1) is 16.3 Å². The molecule has 1 aromatic carbocycles. The lowest BCUT2D eigenvalue weighted by Gasteiger charge is -2.30. The Balaban J connectivity index is 1.19. The van der Waals surface area contributed by atoms with Crippen molar-refractivity contribution in [1.29, 1.82) is 0 Å². The second-order valence-corrected chi connectivity index (χ2v) is 10.6. The van der Waals surface area contributed by atoms with E-state index >= 15 is 0 Å². The van der Waals surface area contributed by atoms with Crippen molar-refractivity contribution in [3.8, 4) is 11.5 Å². The molecule has 0 aliphatic carbocycles. The number of piperidine rings is 1. The van der Waals surface area contributed by atoms with Crippen LogP contribution < -0.4 is 15.0 Å². The van der Waals surface area contributed by atoms with Crippen LogP contribution in [0.1, 0.15) is 18.7 Å². The Morgan fingerprint density at radius 2 is 1.94 bits per heavy atom. The lowest BCUT2D eigenvalue weighted by molar-refractivity contribution is -0.151. The van der Waals surface area contributed by atoms with E-state index in [9.17, 15) is 18.0 Å². The van der Waals surface area contributed by atoms with E-state index in [0.29, 0.717) is 47.8 Å². The zero-order chi connectivity index (χ0) is 23.0. The number of carbonyl (C=O) groups is 1. The SMILES string of the molecule is O=C(OCc1nc2ccsc2c(=O)[nH]1)C1CCN(S(=O)(=O)c2ccc3c(c2)OCCO3)CC1. The largest absolute Gasteiger partial charge is 0.486 e. The Morgan fingerprint density at radius 3 is 2.73 bits per heavy atom. The third-order valence-electron chi connectivity index (χ3n) is 5.65. The number of esters is 1. The highest BCUT2D eigenvalue weighted by Gasteiger charge is 2.33. The Morgan fingerprint density at radius 1 is 1.18 bits per heavy atom. The number of sulfonamides is 1. The summed E-state index contributed by atoms with van der Waals surface area (Å²) in [4.78, 5) is 31.6. The number of thiophene rings is 1. The van der Waals surface area contributed by atoms with Gasteiger partial charge in [-0.25, -0.2) is 13.4 Å². The number of rotatable bonds is 5. The van der Waals surface area contributed by atoms with E-state index in [1.165, 1.54) is 27.8 Å². The first-order valence-electron chi connectivity index (χ1n) is 10.4. The summed E-state index contributed by atoms with van der Waals surface area (Å²) in [6.45, 7) is 1.06. The number of aromatic nitrogens is 2. The molecular formula is C21H21N3O7S2. The zero-order valence-corrected chi connectivity index (χ0v) is 19.1. The number of benzene rings is 1. The standard InChI is InChI=1S/C21H21N3O7S2/c25-20-19-15(5-10-32-19)22-18(23-20)12-31-21(26)13-3-6-24(7-4-13)33(27,28)14-1-2-16-17(11-14)30-9-8-29-16/h1-2,5,10-11,13H,3-4,6-9,12H2,(H,22,23,25). The first kappa shape index (κ1) is 21.9. The average Bonchev–Trinajstić information content (AvgIpc) is 3.32. The summed E-state index contributed by atoms with van der Waals surface area (Å²) < 4.78 is 44.3. The molecule has 0 atom stereocenters. The molecular weight excluding hydrogens is 470 g/mol. The van der Waals surface area contributed by atoms with Gasteiger partial charge in [-0.15, -0.1) is 11.3 Å². The smallest absolute Gasteiger partial charge is 0.309 e. The van der Waals surface area contributed by atoms with Gasteiger partial charge in [-0.3, -0.25) is 9.59 Å². The second kappa shape index (κ2) is 8.76. The van der Waals surface area contributed by atoms with E-state index in [2.05, 4.69) is 9.97 Å². The number of hydrogen-bond donors (Lipinski definition) is 1. The van der Waals surface area contributed by atoms with Gasteiger partial charge in [0.2, 0.25) is 10.0 Å². The number of ether oxygens (including phenoxy) is 3. The number of hydrogen-bond acceptors (Lipinski definition) is 9.